The molecular weight excluding hydrogens is 1050 g/mol. The van der Waals surface area contributed by atoms with E-state index in [9.17, 15) is 19.5 Å². The Balaban J connectivity index is 4.03. The first-order chi connectivity index (χ1) is 41.6. The van der Waals surface area contributed by atoms with Crippen LogP contribution in [0.4, 0.5) is 0 Å². The third-order valence-electron chi connectivity index (χ3n) is 16.3. The molecule has 0 aromatic carbocycles. The predicted octanol–water partition coefficient (Wildman–Crippen LogP) is 21.4. The molecule has 0 aromatic rings. The Labute approximate surface area is 526 Å². The van der Waals surface area contributed by atoms with Crippen molar-refractivity contribution in [2.45, 2.75) is 360 Å². The number of hydrogen-bond acceptors (Lipinski definition) is 8. The monoisotopic (exact) mass is 1190 g/mol. The van der Waals surface area contributed by atoms with E-state index in [1.54, 1.807) is 0 Å². The van der Waals surface area contributed by atoms with Crippen LogP contribution in [-0.2, 0) is 33.3 Å². The van der Waals surface area contributed by atoms with Gasteiger partial charge in [0.1, 0.15) is 13.2 Å². The number of likely N-dealkylation sites (N-methyl/N-ethyl adjacent to an activating group) is 1. The van der Waals surface area contributed by atoms with Crippen LogP contribution in [0.5, 0.6) is 0 Å². The number of carboxylic acids is 1. The van der Waals surface area contributed by atoms with Gasteiger partial charge in [-0.25, -0.2) is 0 Å². The standard InChI is InChI=1S/C76H139NO8/c1-6-8-10-12-14-16-18-20-22-24-26-28-30-32-33-34-35-36-37-38-39-40-41-43-44-46-48-50-52-54-56-58-60-62-64-66-73(78)83-70-72(71-84-76(75(80)81)82-69-68-77(3,4)5)85-74(79)67-65-63-61-59-57-55-53-51-49-47-45-42-31-29-27-25-23-21-19-17-15-13-11-9-7-2/h9,11,15,17,21,23,27,29,42,45,72,76H,6-8,10,12-14,16,18-20,22,24-26,28,30-41,43-44,46-71H2,1-5H3/b11-9-,17-15-,23-21-,29-27-,45-42-. The molecule has 0 radical (unpaired) electrons. The molecule has 0 amide bonds. The van der Waals surface area contributed by atoms with Crippen LogP contribution in [0.2, 0.25) is 0 Å². The van der Waals surface area contributed by atoms with Gasteiger partial charge in [-0.2, -0.15) is 0 Å². The molecule has 9 heteroatoms. The van der Waals surface area contributed by atoms with Gasteiger partial charge in [0.25, 0.3) is 0 Å². The average Bonchev–Trinajstić information content (AvgIpc) is 3.49. The van der Waals surface area contributed by atoms with Crippen LogP contribution in [0.25, 0.3) is 0 Å². The molecule has 0 aliphatic heterocycles. The molecule has 0 aliphatic rings. The summed E-state index contributed by atoms with van der Waals surface area (Å²) in [4.78, 5) is 37.5. The van der Waals surface area contributed by atoms with Crippen molar-refractivity contribution in [3.05, 3.63) is 60.8 Å². The van der Waals surface area contributed by atoms with Crippen molar-refractivity contribution in [2.24, 2.45) is 0 Å². The summed E-state index contributed by atoms with van der Waals surface area (Å²) in [6, 6.07) is 0. The van der Waals surface area contributed by atoms with Crippen LogP contribution >= 0.6 is 0 Å². The fraction of sp³-hybridized carbons (Fsp3) is 0.829. The number of nitrogens with zero attached hydrogens (tertiary/aromatic N) is 1. The largest absolute Gasteiger partial charge is 0.545 e. The van der Waals surface area contributed by atoms with E-state index in [2.05, 4.69) is 74.6 Å². The van der Waals surface area contributed by atoms with Gasteiger partial charge in [0.15, 0.2) is 12.4 Å². The van der Waals surface area contributed by atoms with Crippen molar-refractivity contribution < 1.29 is 42.9 Å². The van der Waals surface area contributed by atoms with Gasteiger partial charge in [-0.1, -0.05) is 338 Å². The number of carbonyl (C=O) groups is 3. The normalized spacial score (nSPS) is 13.0. The van der Waals surface area contributed by atoms with Crippen LogP contribution in [0, 0.1) is 0 Å². The van der Waals surface area contributed by atoms with Gasteiger partial charge < -0.3 is 33.3 Å². The summed E-state index contributed by atoms with van der Waals surface area (Å²) >= 11 is 0. The van der Waals surface area contributed by atoms with Crippen molar-refractivity contribution in [2.75, 3.05) is 47.5 Å². The SMILES string of the molecule is CC/C=C\C/C=C\C/C=C\C/C=C\C/C=C\CCCCCCCCCCCC(=O)OC(COC(=O)CCCCCCCCCCCCCCCCCCCCCCCCCCCCCCCCCCCCC)COC(OCC[N+](C)(C)C)C(=O)[O-]. The van der Waals surface area contributed by atoms with Gasteiger partial charge in [0.05, 0.1) is 40.3 Å². The van der Waals surface area contributed by atoms with E-state index in [4.69, 9.17) is 18.9 Å². The summed E-state index contributed by atoms with van der Waals surface area (Å²) in [6.07, 6.45) is 84.7. The minimum absolute atomic E-state index is 0.146. The maximum Gasteiger partial charge on any atom is 0.306 e. The van der Waals surface area contributed by atoms with Gasteiger partial charge in [-0.15, -0.1) is 0 Å². The minimum atomic E-state index is -1.62. The maximum atomic E-state index is 12.9. The van der Waals surface area contributed by atoms with E-state index in [-0.39, 0.29) is 32.2 Å². The molecule has 0 saturated heterocycles. The van der Waals surface area contributed by atoms with E-state index < -0.39 is 24.3 Å². The van der Waals surface area contributed by atoms with Gasteiger partial charge in [-0.3, -0.25) is 9.59 Å². The number of carbonyl (C=O) groups excluding carboxylic acids is 3. The first kappa shape index (κ1) is 82.0. The molecule has 0 rings (SSSR count). The summed E-state index contributed by atoms with van der Waals surface area (Å²) in [5.41, 5.74) is 0. The Bertz CT molecular complexity index is 1580. The number of ether oxygens (including phenoxy) is 4. The zero-order chi connectivity index (χ0) is 61.9. The summed E-state index contributed by atoms with van der Waals surface area (Å²) < 4.78 is 22.8. The first-order valence-electron chi connectivity index (χ1n) is 36.4. The number of hydrogen-bond donors (Lipinski definition) is 0. The van der Waals surface area contributed by atoms with E-state index in [0.29, 0.717) is 23.9 Å². The number of esters is 2. The maximum absolute atomic E-state index is 12.9. The van der Waals surface area contributed by atoms with Crippen LogP contribution in [-0.4, -0.2) is 82.3 Å². The third kappa shape index (κ3) is 68.3. The molecule has 0 aliphatic carbocycles. The van der Waals surface area contributed by atoms with Crippen molar-refractivity contribution in [3.8, 4) is 0 Å². The Kier molecular flexibility index (Phi) is 64.6. The molecule has 0 heterocycles. The molecule has 9 nitrogen and oxygen atoms in total. The molecule has 0 spiro atoms. The second-order valence-corrected chi connectivity index (χ2v) is 25.9. The van der Waals surface area contributed by atoms with Crippen LogP contribution < -0.4 is 5.11 Å². The zero-order valence-electron chi connectivity index (χ0n) is 56.7. The smallest absolute Gasteiger partial charge is 0.306 e. The van der Waals surface area contributed by atoms with Crippen LogP contribution in [0.15, 0.2) is 60.8 Å². The second kappa shape index (κ2) is 66.9. The minimum Gasteiger partial charge on any atom is -0.545 e. The Hall–Kier alpha value is -3.01. The van der Waals surface area contributed by atoms with Gasteiger partial charge in [0.2, 0.25) is 0 Å². The molecule has 85 heavy (non-hydrogen) atoms. The number of unbranched alkanes of at least 4 members (excludes halogenated alkanes) is 43. The highest BCUT2D eigenvalue weighted by Crippen LogP contribution is 2.19. The van der Waals surface area contributed by atoms with Crippen molar-refractivity contribution in [1.29, 1.82) is 0 Å². The van der Waals surface area contributed by atoms with E-state index in [1.807, 2.05) is 21.1 Å². The highest BCUT2D eigenvalue weighted by Gasteiger charge is 2.22. The lowest BCUT2D eigenvalue weighted by molar-refractivity contribution is -0.870. The van der Waals surface area contributed by atoms with Crippen LogP contribution in [0.3, 0.4) is 0 Å². The van der Waals surface area contributed by atoms with E-state index in [0.717, 1.165) is 77.0 Å². The lowest BCUT2D eigenvalue weighted by Gasteiger charge is -2.26. The van der Waals surface area contributed by atoms with E-state index in [1.165, 1.54) is 238 Å². The van der Waals surface area contributed by atoms with E-state index >= 15 is 0 Å². The molecule has 0 aromatic heterocycles. The fourth-order valence-corrected chi connectivity index (χ4v) is 10.7. The first-order valence-corrected chi connectivity index (χ1v) is 36.4. The molecule has 0 bridgehead atoms. The number of aliphatic carboxylic acids is 1. The Morgan fingerprint density at radius 3 is 1.00 bits per heavy atom. The number of carboxylic acid groups (broad SMARTS) is 1. The number of rotatable bonds is 68. The summed E-state index contributed by atoms with van der Waals surface area (Å²) in [5.74, 6) is -2.27. The lowest BCUT2D eigenvalue weighted by atomic mass is 10.0. The quantitative estimate of drug-likeness (QED) is 0.0195. The molecule has 0 saturated carbocycles. The number of allylic oxidation sites excluding steroid dienone is 10. The summed E-state index contributed by atoms with van der Waals surface area (Å²) in [5, 5.41) is 11.8. The molecule has 2 atom stereocenters. The topological polar surface area (TPSA) is 111 Å². The fourth-order valence-electron chi connectivity index (χ4n) is 10.7. The van der Waals surface area contributed by atoms with Crippen molar-refractivity contribution in [1.82, 2.24) is 0 Å². The molecule has 0 fully saturated rings. The average molecular weight is 1190 g/mol. The zero-order valence-corrected chi connectivity index (χ0v) is 56.7. The predicted molar refractivity (Wildman–Crippen MR) is 362 cm³/mol. The molecule has 496 valence electrons. The highest BCUT2D eigenvalue weighted by molar-refractivity contribution is 5.70. The summed E-state index contributed by atoms with van der Waals surface area (Å²) in [7, 11) is 5.93. The highest BCUT2D eigenvalue weighted by atomic mass is 16.7. The van der Waals surface area contributed by atoms with Gasteiger partial charge in [-0.05, 0) is 57.8 Å². The van der Waals surface area contributed by atoms with Crippen molar-refractivity contribution >= 4 is 17.9 Å². The summed E-state index contributed by atoms with van der Waals surface area (Å²) in [6.45, 7) is 4.68. The molecular formula is C76H139NO8. The Morgan fingerprint density at radius 1 is 0.365 bits per heavy atom. The third-order valence-corrected chi connectivity index (χ3v) is 16.3. The molecule has 2 unspecified atom stereocenters. The number of quaternary nitrogens is 1. The Morgan fingerprint density at radius 2 is 0.671 bits per heavy atom. The molecule has 0 N–H and O–H groups in total. The van der Waals surface area contributed by atoms with Gasteiger partial charge in [0, 0.05) is 12.8 Å². The van der Waals surface area contributed by atoms with Crippen LogP contribution in [0.1, 0.15) is 348 Å². The second-order valence-electron chi connectivity index (χ2n) is 25.9. The van der Waals surface area contributed by atoms with Crippen molar-refractivity contribution in [3.63, 3.8) is 0 Å². The lowest BCUT2D eigenvalue weighted by Crippen LogP contribution is -2.44. The van der Waals surface area contributed by atoms with Gasteiger partial charge >= 0.3 is 11.9 Å².